The van der Waals surface area contributed by atoms with Crippen molar-refractivity contribution < 1.29 is 16.8 Å². The Kier molecular flexibility index (Phi) is 3.26. The highest BCUT2D eigenvalue weighted by Crippen LogP contribution is 2.29. The molecule has 0 atom stereocenters. The van der Waals surface area contributed by atoms with E-state index in [2.05, 4.69) is 10.1 Å². The Balaban J connectivity index is 3.19. The monoisotopic (exact) mass is 291 g/mol. The SMILES string of the molecule is Cc1nc(NS(N)(=O)=O)sc1S(=O)(=O)Cl. The van der Waals surface area contributed by atoms with Crippen LogP contribution in [0.5, 0.6) is 0 Å². The van der Waals surface area contributed by atoms with Crippen LogP contribution < -0.4 is 9.86 Å². The van der Waals surface area contributed by atoms with Gasteiger partial charge in [0.25, 0.3) is 19.3 Å². The van der Waals surface area contributed by atoms with E-state index in [1.807, 2.05) is 4.72 Å². The molecule has 0 radical (unpaired) electrons. The first-order valence-electron chi connectivity index (χ1n) is 3.32. The smallest absolute Gasteiger partial charge is 0.246 e. The van der Waals surface area contributed by atoms with Gasteiger partial charge in [-0.15, -0.1) is 0 Å². The summed E-state index contributed by atoms with van der Waals surface area (Å²) in [5, 5.41) is 4.54. The summed E-state index contributed by atoms with van der Waals surface area (Å²) < 4.78 is 44.8. The number of aromatic nitrogens is 1. The first-order valence-corrected chi connectivity index (χ1v) is 7.99. The molecule has 1 heterocycles. The summed E-state index contributed by atoms with van der Waals surface area (Å²) >= 11 is 0.592. The minimum absolute atomic E-state index is 0.112. The molecule has 0 saturated carbocycles. The number of thiazole rings is 1. The fraction of sp³-hybridized carbons (Fsp3) is 0.250. The zero-order valence-electron chi connectivity index (χ0n) is 7.26. The number of hydrogen-bond acceptors (Lipinski definition) is 6. The van der Waals surface area contributed by atoms with Crippen LogP contribution in [-0.4, -0.2) is 21.8 Å². The van der Waals surface area contributed by atoms with Crippen molar-refractivity contribution in [3.63, 3.8) is 0 Å². The average molecular weight is 292 g/mol. The number of halogens is 1. The first kappa shape index (κ1) is 12.6. The number of rotatable bonds is 3. The highest BCUT2D eigenvalue weighted by atomic mass is 35.7. The van der Waals surface area contributed by atoms with E-state index in [1.54, 1.807) is 0 Å². The van der Waals surface area contributed by atoms with E-state index in [1.165, 1.54) is 6.92 Å². The molecule has 0 aliphatic heterocycles. The Morgan fingerprint density at radius 3 is 2.27 bits per heavy atom. The molecule has 0 unspecified atom stereocenters. The summed E-state index contributed by atoms with van der Waals surface area (Å²) in [7, 11) is -2.80. The van der Waals surface area contributed by atoms with Gasteiger partial charge in [0.05, 0.1) is 5.69 Å². The molecule has 1 aromatic heterocycles. The van der Waals surface area contributed by atoms with Crippen molar-refractivity contribution in [1.29, 1.82) is 0 Å². The Morgan fingerprint density at radius 1 is 1.40 bits per heavy atom. The predicted octanol–water partition coefficient (Wildman–Crippen LogP) is -0.00558. The van der Waals surface area contributed by atoms with Crippen molar-refractivity contribution in [2.24, 2.45) is 5.14 Å². The van der Waals surface area contributed by atoms with Gasteiger partial charge in [-0.05, 0) is 6.92 Å². The van der Waals surface area contributed by atoms with Gasteiger partial charge in [0.1, 0.15) is 0 Å². The van der Waals surface area contributed by atoms with E-state index < -0.39 is 19.3 Å². The number of nitrogens with one attached hydrogen (secondary N) is 1. The highest BCUT2D eigenvalue weighted by Gasteiger charge is 2.20. The van der Waals surface area contributed by atoms with E-state index in [0.717, 1.165) is 0 Å². The van der Waals surface area contributed by atoms with Crippen molar-refractivity contribution in [3.05, 3.63) is 5.69 Å². The van der Waals surface area contributed by atoms with Crippen LogP contribution in [0.15, 0.2) is 4.21 Å². The van der Waals surface area contributed by atoms with E-state index in [9.17, 15) is 16.8 Å². The number of nitrogens with two attached hydrogens (primary N) is 1. The summed E-state index contributed by atoms with van der Waals surface area (Å²) in [6.45, 7) is 1.39. The maximum absolute atomic E-state index is 11.0. The lowest BCUT2D eigenvalue weighted by atomic mass is 10.6. The largest absolute Gasteiger partial charge is 0.298 e. The van der Waals surface area contributed by atoms with Crippen LogP contribution in [0.4, 0.5) is 5.13 Å². The van der Waals surface area contributed by atoms with Crippen LogP contribution in [-0.2, 0) is 19.3 Å². The Bertz CT molecular complexity index is 574. The molecule has 0 amide bonds. The second-order valence-corrected chi connectivity index (χ2v) is 7.53. The molecule has 0 spiro atoms. The van der Waals surface area contributed by atoms with Crippen molar-refractivity contribution in [2.45, 2.75) is 11.1 Å². The minimum Gasteiger partial charge on any atom is -0.246 e. The lowest BCUT2D eigenvalue weighted by molar-refractivity contribution is 0.602. The standard InChI is InChI=1S/C4H6ClN3O4S3/c1-2-3(14(5,9)10)13-4(7-2)8-15(6,11)12/h1H3,(H,7,8)(H2,6,11,12). The number of nitrogens with zero attached hydrogens (tertiary/aromatic N) is 1. The van der Waals surface area contributed by atoms with Crippen LogP contribution in [0, 0.1) is 6.92 Å². The molecule has 7 nitrogen and oxygen atoms in total. The van der Waals surface area contributed by atoms with Crippen LogP contribution in [0.1, 0.15) is 5.69 Å². The molecular weight excluding hydrogens is 286 g/mol. The Hall–Kier alpha value is -0.420. The van der Waals surface area contributed by atoms with E-state index >= 15 is 0 Å². The van der Waals surface area contributed by atoms with Gasteiger partial charge in [-0.3, -0.25) is 0 Å². The summed E-state index contributed by atoms with van der Waals surface area (Å²) in [4.78, 5) is 3.65. The molecule has 1 aromatic rings. The summed E-state index contributed by atoms with van der Waals surface area (Å²) in [6, 6.07) is 0. The Morgan fingerprint density at radius 2 is 1.93 bits per heavy atom. The van der Waals surface area contributed by atoms with Crippen LogP contribution in [0.25, 0.3) is 0 Å². The van der Waals surface area contributed by atoms with E-state index in [4.69, 9.17) is 10.7 Å². The summed E-state index contributed by atoms with van der Waals surface area (Å²) in [5.41, 5.74) is 0.112. The second-order valence-electron chi connectivity index (χ2n) is 2.48. The quantitative estimate of drug-likeness (QED) is 0.759. The normalized spacial score (nSPS) is 12.7. The van der Waals surface area contributed by atoms with Gasteiger partial charge in [-0.1, -0.05) is 11.3 Å². The van der Waals surface area contributed by atoms with Gasteiger partial charge in [0, 0.05) is 10.7 Å². The second kappa shape index (κ2) is 3.87. The Labute approximate surface area is 94.9 Å². The number of hydrogen-bond donors (Lipinski definition) is 2. The van der Waals surface area contributed by atoms with Gasteiger partial charge in [0.15, 0.2) is 9.34 Å². The third-order valence-corrected chi connectivity index (χ3v) is 5.06. The molecule has 11 heteroatoms. The van der Waals surface area contributed by atoms with Crippen LogP contribution >= 0.6 is 22.0 Å². The number of aryl methyl sites for hydroxylation is 1. The molecule has 1 rings (SSSR count). The van der Waals surface area contributed by atoms with Crippen LogP contribution in [0.3, 0.4) is 0 Å². The molecule has 0 bridgehead atoms. The summed E-state index contributed by atoms with van der Waals surface area (Å²) in [5.74, 6) is 0. The molecule has 0 saturated heterocycles. The maximum Gasteiger partial charge on any atom is 0.298 e. The van der Waals surface area contributed by atoms with Crippen LogP contribution in [0.2, 0.25) is 0 Å². The highest BCUT2D eigenvalue weighted by molar-refractivity contribution is 8.15. The molecule has 15 heavy (non-hydrogen) atoms. The fourth-order valence-corrected chi connectivity index (χ4v) is 3.78. The van der Waals surface area contributed by atoms with Gasteiger partial charge < -0.3 is 0 Å². The summed E-state index contributed by atoms with van der Waals surface area (Å²) in [6.07, 6.45) is 0. The maximum atomic E-state index is 11.0. The van der Waals surface area contributed by atoms with Crippen molar-refractivity contribution in [3.8, 4) is 0 Å². The minimum atomic E-state index is -3.97. The fourth-order valence-electron chi connectivity index (χ4n) is 0.774. The van der Waals surface area contributed by atoms with Crippen molar-refractivity contribution >= 4 is 46.4 Å². The van der Waals surface area contributed by atoms with Gasteiger partial charge in [-0.2, -0.15) is 8.42 Å². The molecule has 3 N–H and O–H groups in total. The topological polar surface area (TPSA) is 119 Å². The first-order chi connectivity index (χ1) is 6.59. The molecule has 0 aliphatic rings. The van der Waals surface area contributed by atoms with Gasteiger partial charge in [-0.25, -0.2) is 23.3 Å². The lowest BCUT2D eigenvalue weighted by Gasteiger charge is -1.95. The van der Waals surface area contributed by atoms with E-state index in [-0.39, 0.29) is 15.0 Å². The van der Waals surface area contributed by atoms with Gasteiger partial charge in [0.2, 0.25) is 0 Å². The van der Waals surface area contributed by atoms with Crippen molar-refractivity contribution in [1.82, 2.24) is 4.98 Å². The number of anilines is 1. The van der Waals surface area contributed by atoms with E-state index in [0.29, 0.717) is 11.3 Å². The molecule has 0 aliphatic carbocycles. The molecular formula is C4H6ClN3O4S3. The lowest BCUT2D eigenvalue weighted by Crippen LogP contribution is -2.21. The molecule has 0 aromatic carbocycles. The zero-order chi connectivity index (χ0) is 11.9. The molecule has 0 fully saturated rings. The van der Waals surface area contributed by atoms with Gasteiger partial charge >= 0.3 is 0 Å². The third kappa shape index (κ3) is 3.57. The average Bonchev–Trinajstić information content (AvgIpc) is 2.25. The third-order valence-electron chi connectivity index (χ3n) is 1.21. The zero-order valence-corrected chi connectivity index (χ0v) is 10.5. The van der Waals surface area contributed by atoms with Crippen molar-refractivity contribution in [2.75, 3.05) is 4.72 Å². The molecule has 86 valence electrons. The predicted molar refractivity (Wildman–Crippen MR) is 56.6 cm³/mol.